The third kappa shape index (κ3) is 4.30. The lowest BCUT2D eigenvalue weighted by Crippen LogP contribution is -2.13. The molecule has 0 atom stereocenters. The first-order valence-electron chi connectivity index (χ1n) is 9.38. The molecule has 0 amide bonds. The molecule has 6 heteroatoms. The summed E-state index contributed by atoms with van der Waals surface area (Å²) in [5, 5.41) is 9.82. The number of aromatic nitrogens is 2. The SMILES string of the molecule is Cc1cc(C(=O)COC(=O)/C=C/c2cn(CCC#N)c3ccccc23)c(C)n1C. The smallest absolute Gasteiger partial charge is 0.331 e. The van der Waals surface area contributed by atoms with Crippen molar-refractivity contribution < 1.29 is 14.3 Å². The molecule has 0 bridgehead atoms. The number of ketones is 1. The van der Waals surface area contributed by atoms with E-state index >= 15 is 0 Å². The van der Waals surface area contributed by atoms with Crippen molar-refractivity contribution in [2.75, 3.05) is 6.61 Å². The molecule has 0 N–H and O–H groups in total. The number of carbonyl (C=O) groups is 2. The van der Waals surface area contributed by atoms with Crippen molar-refractivity contribution in [1.82, 2.24) is 9.13 Å². The molecule has 0 aliphatic rings. The predicted octanol–water partition coefficient (Wildman–Crippen LogP) is 3.95. The minimum atomic E-state index is -0.572. The van der Waals surface area contributed by atoms with Crippen LogP contribution in [0.2, 0.25) is 0 Å². The average Bonchev–Trinajstić information content (AvgIpc) is 3.21. The van der Waals surface area contributed by atoms with Crippen LogP contribution >= 0.6 is 0 Å². The Balaban J connectivity index is 1.68. The van der Waals surface area contributed by atoms with Crippen LogP contribution in [-0.2, 0) is 23.1 Å². The van der Waals surface area contributed by atoms with E-state index in [1.807, 2.05) is 60.5 Å². The summed E-state index contributed by atoms with van der Waals surface area (Å²) in [6, 6.07) is 11.8. The maximum atomic E-state index is 12.3. The highest BCUT2D eigenvalue weighted by Gasteiger charge is 2.15. The monoisotopic (exact) mass is 389 g/mol. The highest BCUT2D eigenvalue weighted by molar-refractivity contribution is 6.00. The summed E-state index contributed by atoms with van der Waals surface area (Å²) >= 11 is 0. The van der Waals surface area contributed by atoms with Gasteiger partial charge in [-0.1, -0.05) is 18.2 Å². The number of hydrogen-bond acceptors (Lipinski definition) is 4. The van der Waals surface area contributed by atoms with Gasteiger partial charge in [0, 0.05) is 59.3 Å². The summed E-state index contributed by atoms with van der Waals surface area (Å²) < 4.78 is 9.05. The molecule has 6 nitrogen and oxygen atoms in total. The van der Waals surface area contributed by atoms with Gasteiger partial charge in [-0.05, 0) is 32.1 Å². The quantitative estimate of drug-likeness (QED) is 0.348. The second-order valence-electron chi connectivity index (χ2n) is 6.91. The number of hydrogen-bond donors (Lipinski definition) is 0. The van der Waals surface area contributed by atoms with Gasteiger partial charge in [0.25, 0.3) is 0 Å². The summed E-state index contributed by atoms with van der Waals surface area (Å²) in [6.45, 7) is 4.08. The van der Waals surface area contributed by atoms with E-state index in [1.54, 1.807) is 12.1 Å². The minimum Gasteiger partial charge on any atom is -0.454 e. The zero-order valence-electron chi connectivity index (χ0n) is 16.8. The molecule has 2 aromatic heterocycles. The molecule has 0 spiro atoms. The van der Waals surface area contributed by atoms with Gasteiger partial charge in [0.1, 0.15) is 0 Å². The lowest BCUT2D eigenvalue weighted by Gasteiger charge is -2.03. The predicted molar refractivity (Wildman–Crippen MR) is 111 cm³/mol. The van der Waals surface area contributed by atoms with Gasteiger partial charge in [-0.2, -0.15) is 5.26 Å². The minimum absolute atomic E-state index is 0.221. The maximum Gasteiger partial charge on any atom is 0.331 e. The summed E-state index contributed by atoms with van der Waals surface area (Å²) in [5.41, 5.74) is 4.26. The second-order valence-corrected chi connectivity index (χ2v) is 6.91. The van der Waals surface area contributed by atoms with Crippen molar-refractivity contribution in [3.8, 4) is 6.07 Å². The van der Waals surface area contributed by atoms with Crippen LogP contribution in [0.3, 0.4) is 0 Å². The summed E-state index contributed by atoms with van der Waals surface area (Å²) in [7, 11) is 1.89. The topological polar surface area (TPSA) is 77.0 Å². The Morgan fingerprint density at radius 3 is 2.69 bits per heavy atom. The molecule has 0 unspecified atom stereocenters. The van der Waals surface area contributed by atoms with E-state index in [4.69, 9.17) is 10.00 Å². The van der Waals surface area contributed by atoms with Crippen LogP contribution in [0.1, 0.15) is 33.7 Å². The van der Waals surface area contributed by atoms with Crippen LogP contribution in [0.25, 0.3) is 17.0 Å². The molecular weight excluding hydrogens is 366 g/mol. The van der Waals surface area contributed by atoms with Crippen molar-refractivity contribution in [2.24, 2.45) is 7.05 Å². The maximum absolute atomic E-state index is 12.3. The van der Waals surface area contributed by atoms with Crippen LogP contribution in [-0.4, -0.2) is 27.5 Å². The first-order chi connectivity index (χ1) is 13.9. The molecule has 29 heavy (non-hydrogen) atoms. The molecule has 0 aliphatic carbocycles. The first kappa shape index (κ1) is 20.2. The van der Waals surface area contributed by atoms with Crippen molar-refractivity contribution in [2.45, 2.75) is 26.8 Å². The van der Waals surface area contributed by atoms with Crippen LogP contribution in [0.15, 0.2) is 42.6 Å². The van der Waals surface area contributed by atoms with E-state index in [0.29, 0.717) is 18.5 Å². The van der Waals surface area contributed by atoms with Crippen molar-refractivity contribution in [3.63, 3.8) is 0 Å². The normalized spacial score (nSPS) is 11.1. The lowest BCUT2D eigenvalue weighted by atomic mass is 10.1. The van der Waals surface area contributed by atoms with Crippen molar-refractivity contribution in [3.05, 3.63) is 65.1 Å². The Morgan fingerprint density at radius 1 is 1.24 bits per heavy atom. The molecule has 0 saturated heterocycles. The molecule has 3 rings (SSSR count). The van der Waals surface area contributed by atoms with Gasteiger partial charge in [-0.3, -0.25) is 4.79 Å². The van der Waals surface area contributed by atoms with Crippen molar-refractivity contribution >= 4 is 28.7 Å². The third-order valence-corrected chi connectivity index (χ3v) is 5.10. The fourth-order valence-corrected chi connectivity index (χ4v) is 3.32. The van der Waals surface area contributed by atoms with Gasteiger partial charge in [0.05, 0.1) is 12.5 Å². The largest absolute Gasteiger partial charge is 0.454 e. The van der Waals surface area contributed by atoms with E-state index in [-0.39, 0.29) is 12.4 Å². The molecule has 0 fully saturated rings. The number of rotatable bonds is 7. The number of benzene rings is 1. The number of esters is 1. The van der Waals surface area contributed by atoms with Gasteiger partial charge in [0.2, 0.25) is 5.78 Å². The summed E-state index contributed by atoms with van der Waals surface area (Å²) in [5.74, 6) is -0.793. The van der Waals surface area contributed by atoms with Gasteiger partial charge in [-0.15, -0.1) is 0 Å². The van der Waals surface area contributed by atoms with Gasteiger partial charge < -0.3 is 13.9 Å². The molecule has 0 saturated carbocycles. The van der Waals surface area contributed by atoms with Crippen LogP contribution in [0, 0.1) is 25.2 Å². The molecular formula is C23H23N3O3. The zero-order chi connectivity index (χ0) is 21.0. The number of nitrogens with zero attached hydrogens (tertiary/aromatic N) is 3. The zero-order valence-corrected chi connectivity index (χ0v) is 16.8. The van der Waals surface area contributed by atoms with Crippen molar-refractivity contribution in [1.29, 1.82) is 5.26 Å². The number of Topliss-reactive ketones (excluding diaryl/α,β-unsaturated/α-hetero) is 1. The number of nitriles is 1. The van der Waals surface area contributed by atoms with Crippen LogP contribution < -0.4 is 0 Å². The molecule has 148 valence electrons. The summed E-state index contributed by atoms with van der Waals surface area (Å²) in [4.78, 5) is 24.5. The Kier molecular flexibility index (Phi) is 5.99. The number of para-hydroxylation sites is 1. The van der Waals surface area contributed by atoms with E-state index in [1.165, 1.54) is 6.08 Å². The first-order valence-corrected chi connectivity index (χ1v) is 9.38. The molecule has 1 aromatic carbocycles. The van der Waals surface area contributed by atoms with Crippen LogP contribution in [0.4, 0.5) is 0 Å². The van der Waals surface area contributed by atoms with E-state index in [2.05, 4.69) is 6.07 Å². The standard InChI is InChI=1S/C23H23N3O3/c1-16-13-20(17(2)25(16)3)22(27)15-29-23(28)10-9-18-14-26(12-6-11-24)21-8-5-4-7-19(18)21/h4-5,7-10,13-14H,6,12,15H2,1-3H3/b10-9+. The van der Waals surface area contributed by atoms with E-state index in [0.717, 1.165) is 27.9 Å². The third-order valence-electron chi connectivity index (χ3n) is 5.10. The van der Waals surface area contributed by atoms with Gasteiger partial charge >= 0.3 is 5.97 Å². The van der Waals surface area contributed by atoms with E-state index < -0.39 is 5.97 Å². The average molecular weight is 389 g/mol. The molecule has 3 aromatic rings. The summed E-state index contributed by atoms with van der Waals surface area (Å²) in [6.07, 6.45) is 5.32. The van der Waals surface area contributed by atoms with E-state index in [9.17, 15) is 9.59 Å². The Labute approximate surface area is 169 Å². The Bertz CT molecular complexity index is 1140. The van der Waals surface area contributed by atoms with Crippen LogP contribution in [0.5, 0.6) is 0 Å². The Morgan fingerprint density at radius 2 is 2.00 bits per heavy atom. The highest BCUT2D eigenvalue weighted by atomic mass is 16.5. The van der Waals surface area contributed by atoms with Gasteiger partial charge in [-0.25, -0.2) is 4.79 Å². The molecule has 0 radical (unpaired) electrons. The fraction of sp³-hybridized carbons (Fsp3) is 0.261. The lowest BCUT2D eigenvalue weighted by molar-refractivity contribution is -0.136. The Hall–Kier alpha value is -3.59. The number of carbonyl (C=O) groups excluding carboxylic acids is 2. The van der Waals surface area contributed by atoms with Gasteiger partial charge in [0.15, 0.2) is 6.61 Å². The molecule has 2 heterocycles. The highest BCUT2D eigenvalue weighted by Crippen LogP contribution is 2.23. The second kappa shape index (κ2) is 8.61. The molecule has 0 aliphatic heterocycles. The fourth-order valence-electron chi connectivity index (χ4n) is 3.32. The number of ether oxygens (including phenoxy) is 1. The number of aryl methyl sites for hydroxylation is 2. The number of fused-ring (bicyclic) bond motifs is 1.